The van der Waals surface area contributed by atoms with E-state index < -0.39 is 36.6 Å². The number of methoxy groups -OCH3 is 1. The average Bonchev–Trinajstić information content (AvgIpc) is 3.12. The highest BCUT2D eigenvalue weighted by atomic mass is 16.6. The van der Waals surface area contributed by atoms with Gasteiger partial charge in [0.15, 0.2) is 6.23 Å². The molecule has 0 aromatic carbocycles. The minimum atomic E-state index is -1.70. The third kappa shape index (κ3) is 3.06. The molecule has 3 rings (SSSR count). The van der Waals surface area contributed by atoms with Crippen molar-refractivity contribution in [3.8, 4) is 0 Å². The number of anilines is 1. The van der Waals surface area contributed by atoms with Gasteiger partial charge in [-0.3, -0.25) is 0 Å². The number of hydrogen-bond donors (Lipinski definition) is 4. The Labute approximate surface area is 154 Å². The van der Waals surface area contributed by atoms with Gasteiger partial charge >= 0.3 is 5.97 Å². The zero-order valence-corrected chi connectivity index (χ0v) is 15.2. The first-order chi connectivity index (χ1) is 12.7. The lowest BCUT2D eigenvalue weighted by molar-refractivity contribution is -0.134. The minimum absolute atomic E-state index is 0.184. The van der Waals surface area contributed by atoms with Gasteiger partial charge in [0, 0.05) is 17.8 Å². The molecule has 5 N–H and O–H groups in total. The number of hydrogen-bond acceptors (Lipinski definition) is 9. The lowest BCUT2D eigenvalue weighted by Crippen LogP contribution is -2.44. The number of rotatable bonds is 4. The number of carbonyl (C=O) groups excluding carboxylic acids is 1. The normalized spacial score (nSPS) is 28.7. The van der Waals surface area contributed by atoms with Gasteiger partial charge in [-0.05, 0) is 19.4 Å². The van der Waals surface area contributed by atoms with Gasteiger partial charge < -0.3 is 35.1 Å². The van der Waals surface area contributed by atoms with E-state index in [0.717, 1.165) is 0 Å². The molecule has 2 aromatic heterocycles. The van der Waals surface area contributed by atoms with E-state index >= 15 is 0 Å². The number of carbonyl (C=O) groups is 1. The number of aliphatic hydroxyl groups is 3. The second kappa shape index (κ2) is 6.89. The third-order valence-electron chi connectivity index (χ3n) is 4.79. The van der Waals surface area contributed by atoms with E-state index in [2.05, 4.69) is 14.7 Å². The molecule has 0 saturated carbocycles. The van der Waals surface area contributed by atoms with Gasteiger partial charge in [0.25, 0.3) is 0 Å². The van der Waals surface area contributed by atoms with Crippen molar-refractivity contribution in [1.82, 2.24) is 14.5 Å². The smallest absolute Gasteiger partial charge is 0.330 e. The number of ether oxygens (including phenoxy) is 2. The van der Waals surface area contributed by atoms with E-state index in [1.54, 1.807) is 13.1 Å². The Morgan fingerprint density at radius 3 is 2.81 bits per heavy atom. The van der Waals surface area contributed by atoms with Gasteiger partial charge in [0.1, 0.15) is 35.6 Å². The summed E-state index contributed by atoms with van der Waals surface area (Å²) >= 11 is 0. The van der Waals surface area contributed by atoms with Crippen molar-refractivity contribution in [2.45, 2.75) is 37.9 Å². The molecular weight excluding hydrogens is 356 g/mol. The molecule has 1 unspecified atom stereocenters. The number of nitrogen functional groups attached to an aromatic ring is 1. The van der Waals surface area contributed by atoms with Crippen LogP contribution in [-0.4, -0.2) is 67.3 Å². The lowest BCUT2D eigenvalue weighted by atomic mass is 9.96. The summed E-state index contributed by atoms with van der Waals surface area (Å²) in [7, 11) is 1.27. The zero-order chi connectivity index (χ0) is 19.9. The van der Waals surface area contributed by atoms with E-state index in [1.165, 1.54) is 31.0 Å². The van der Waals surface area contributed by atoms with Crippen molar-refractivity contribution in [3.05, 3.63) is 24.2 Å². The van der Waals surface area contributed by atoms with E-state index in [9.17, 15) is 20.1 Å². The first-order valence-electron chi connectivity index (χ1n) is 8.26. The van der Waals surface area contributed by atoms with Crippen LogP contribution in [-0.2, 0) is 14.3 Å². The summed E-state index contributed by atoms with van der Waals surface area (Å²) in [5.74, 6) is -0.355. The van der Waals surface area contributed by atoms with Crippen LogP contribution in [0.1, 0.15) is 25.6 Å². The van der Waals surface area contributed by atoms with Crippen LogP contribution in [0.5, 0.6) is 0 Å². The Morgan fingerprint density at radius 1 is 1.52 bits per heavy atom. The van der Waals surface area contributed by atoms with Gasteiger partial charge in [-0.25, -0.2) is 14.8 Å². The molecular formula is C17H22N4O6. The second-order valence-electron chi connectivity index (χ2n) is 6.64. The molecule has 2 aromatic rings. The summed E-state index contributed by atoms with van der Waals surface area (Å²) in [6, 6.07) is 0. The SMILES string of the molecule is COC(=O)/C=C(/C)c1cn(C2O[C@H](CO)[C@@H](O)[C@@]2(C)O)c2ncnc(N)c12. The summed E-state index contributed by atoms with van der Waals surface area (Å²) in [6.07, 6.45) is 0.860. The zero-order valence-electron chi connectivity index (χ0n) is 15.2. The van der Waals surface area contributed by atoms with E-state index in [4.69, 9.17) is 10.5 Å². The van der Waals surface area contributed by atoms with Gasteiger partial charge in [0.05, 0.1) is 19.1 Å². The van der Waals surface area contributed by atoms with E-state index in [0.29, 0.717) is 22.2 Å². The van der Waals surface area contributed by atoms with Gasteiger partial charge in [-0.2, -0.15) is 0 Å². The molecule has 1 fully saturated rings. The summed E-state index contributed by atoms with van der Waals surface area (Å²) < 4.78 is 11.8. The van der Waals surface area contributed by atoms with Crippen LogP contribution < -0.4 is 5.73 Å². The Kier molecular flexibility index (Phi) is 4.91. The first kappa shape index (κ1) is 19.2. The fourth-order valence-corrected chi connectivity index (χ4v) is 3.29. The maximum atomic E-state index is 11.6. The van der Waals surface area contributed by atoms with E-state index in [-0.39, 0.29) is 5.82 Å². The highest BCUT2D eigenvalue weighted by Gasteiger charge is 2.53. The Balaban J connectivity index is 2.20. The number of esters is 1. The second-order valence-corrected chi connectivity index (χ2v) is 6.64. The van der Waals surface area contributed by atoms with Crippen molar-refractivity contribution in [2.75, 3.05) is 19.5 Å². The van der Waals surface area contributed by atoms with Gasteiger partial charge in [-0.15, -0.1) is 0 Å². The summed E-state index contributed by atoms with van der Waals surface area (Å²) in [4.78, 5) is 19.8. The Hall–Kier alpha value is -2.53. The van der Waals surface area contributed by atoms with Crippen LogP contribution >= 0.6 is 0 Å². The molecule has 0 amide bonds. The molecule has 10 heteroatoms. The molecule has 0 bridgehead atoms. The van der Waals surface area contributed by atoms with Crippen LogP contribution in [0.25, 0.3) is 16.6 Å². The Morgan fingerprint density at radius 2 is 2.22 bits per heavy atom. The number of aliphatic hydroxyl groups excluding tert-OH is 2. The third-order valence-corrected chi connectivity index (χ3v) is 4.79. The number of nitrogens with zero attached hydrogens (tertiary/aromatic N) is 3. The van der Waals surface area contributed by atoms with Crippen molar-refractivity contribution in [1.29, 1.82) is 0 Å². The average molecular weight is 378 g/mol. The maximum absolute atomic E-state index is 11.6. The molecule has 0 aliphatic carbocycles. The van der Waals surface area contributed by atoms with Crippen LogP contribution in [0.4, 0.5) is 5.82 Å². The molecule has 27 heavy (non-hydrogen) atoms. The van der Waals surface area contributed by atoms with Crippen molar-refractivity contribution < 1.29 is 29.6 Å². The van der Waals surface area contributed by atoms with Crippen LogP contribution in [0.3, 0.4) is 0 Å². The summed E-state index contributed by atoms with van der Waals surface area (Å²) in [6.45, 7) is 2.64. The number of allylic oxidation sites excluding steroid dienone is 1. The van der Waals surface area contributed by atoms with Gasteiger partial charge in [0.2, 0.25) is 0 Å². The van der Waals surface area contributed by atoms with E-state index in [1.807, 2.05) is 0 Å². The molecule has 1 aliphatic rings. The van der Waals surface area contributed by atoms with Crippen molar-refractivity contribution in [2.24, 2.45) is 0 Å². The molecule has 0 radical (unpaired) electrons. The Bertz CT molecular complexity index is 906. The van der Waals surface area contributed by atoms with Crippen molar-refractivity contribution >= 4 is 28.4 Å². The van der Waals surface area contributed by atoms with Gasteiger partial charge in [-0.1, -0.05) is 0 Å². The largest absolute Gasteiger partial charge is 0.466 e. The standard InChI is InChI=1S/C17H22N4O6/c1-8(4-11(23)26-3)9-5-21(15-12(9)14(18)19-7-20-15)16-17(2,25)13(24)10(6-22)27-16/h4-5,7,10,13,16,22,24-25H,6H2,1-3H3,(H2,18,19,20)/b8-4-/t10-,13-,16?,17-/m1/s1. The predicted molar refractivity (Wildman–Crippen MR) is 95.2 cm³/mol. The number of nitrogens with two attached hydrogens (primary N) is 1. The molecule has 0 spiro atoms. The summed E-state index contributed by atoms with van der Waals surface area (Å²) in [5.41, 5.74) is 5.77. The lowest BCUT2D eigenvalue weighted by Gasteiger charge is -2.27. The summed E-state index contributed by atoms with van der Waals surface area (Å²) in [5, 5.41) is 30.9. The molecule has 4 atom stereocenters. The highest BCUT2D eigenvalue weighted by molar-refractivity contribution is 6.01. The fraction of sp³-hybridized carbons (Fsp3) is 0.471. The number of fused-ring (bicyclic) bond motifs is 1. The number of aromatic nitrogens is 3. The predicted octanol–water partition coefficient (Wildman–Crippen LogP) is -0.409. The first-order valence-corrected chi connectivity index (χ1v) is 8.26. The molecule has 146 valence electrons. The quantitative estimate of drug-likeness (QED) is 0.411. The molecule has 1 aliphatic heterocycles. The topological polar surface area (TPSA) is 153 Å². The molecule has 1 saturated heterocycles. The molecule has 10 nitrogen and oxygen atoms in total. The van der Waals surface area contributed by atoms with Crippen LogP contribution in [0, 0.1) is 0 Å². The minimum Gasteiger partial charge on any atom is -0.466 e. The van der Waals surface area contributed by atoms with Crippen LogP contribution in [0.2, 0.25) is 0 Å². The maximum Gasteiger partial charge on any atom is 0.330 e. The fourth-order valence-electron chi connectivity index (χ4n) is 3.29. The monoisotopic (exact) mass is 378 g/mol. The van der Waals surface area contributed by atoms with Crippen molar-refractivity contribution in [3.63, 3.8) is 0 Å². The molecule has 3 heterocycles. The highest BCUT2D eigenvalue weighted by Crippen LogP contribution is 2.41. The van der Waals surface area contributed by atoms with Crippen LogP contribution in [0.15, 0.2) is 18.6 Å².